The third-order valence-corrected chi connectivity index (χ3v) is 5.62. The van der Waals surface area contributed by atoms with E-state index < -0.39 is 15.3 Å². The SMILES string of the molecule is CC(CO)S(=O)(=O)N(C)CC1CCCCC1. The lowest BCUT2D eigenvalue weighted by Gasteiger charge is -2.28. The molecule has 0 aromatic heterocycles. The molecule has 1 saturated carbocycles. The molecule has 0 aliphatic heterocycles. The molecule has 0 saturated heterocycles. The molecular weight excluding hydrogens is 226 g/mol. The molecule has 96 valence electrons. The Balaban J connectivity index is 2.53. The van der Waals surface area contributed by atoms with Crippen molar-refractivity contribution < 1.29 is 13.5 Å². The molecule has 0 aromatic carbocycles. The van der Waals surface area contributed by atoms with E-state index in [-0.39, 0.29) is 6.61 Å². The van der Waals surface area contributed by atoms with E-state index in [0.29, 0.717) is 12.5 Å². The maximum atomic E-state index is 11.9. The van der Waals surface area contributed by atoms with Crippen molar-refractivity contribution in [3.8, 4) is 0 Å². The van der Waals surface area contributed by atoms with E-state index in [1.807, 2.05) is 0 Å². The number of aliphatic hydroxyl groups is 1. The number of nitrogens with zero attached hydrogens (tertiary/aromatic N) is 1. The Bertz CT molecular complexity index is 296. The van der Waals surface area contributed by atoms with Gasteiger partial charge in [0.15, 0.2) is 0 Å². The van der Waals surface area contributed by atoms with Crippen molar-refractivity contribution in [3.05, 3.63) is 0 Å². The molecule has 5 heteroatoms. The molecule has 1 rings (SSSR count). The molecule has 1 aliphatic carbocycles. The van der Waals surface area contributed by atoms with Gasteiger partial charge in [-0.05, 0) is 25.7 Å². The minimum absolute atomic E-state index is 0.308. The lowest BCUT2D eigenvalue weighted by molar-refractivity contribution is 0.278. The Kier molecular flexibility index (Phi) is 5.21. The number of hydrogen-bond donors (Lipinski definition) is 1. The van der Waals surface area contributed by atoms with Gasteiger partial charge in [0.25, 0.3) is 0 Å². The predicted octanol–water partition coefficient (Wildman–Crippen LogP) is 1.21. The van der Waals surface area contributed by atoms with Crippen LogP contribution in [-0.4, -0.2) is 43.3 Å². The Hall–Kier alpha value is -0.130. The zero-order valence-corrected chi connectivity index (χ0v) is 11.0. The summed E-state index contributed by atoms with van der Waals surface area (Å²) in [4.78, 5) is 0. The second kappa shape index (κ2) is 5.98. The summed E-state index contributed by atoms with van der Waals surface area (Å²) in [5.41, 5.74) is 0. The summed E-state index contributed by atoms with van der Waals surface area (Å²) in [6, 6.07) is 0. The van der Waals surface area contributed by atoms with Crippen molar-refractivity contribution in [2.24, 2.45) is 5.92 Å². The third kappa shape index (κ3) is 3.43. The van der Waals surface area contributed by atoms with E-state index in [2.05, 4.69) is 0 Å². The summed E-state index contributed by atoms with van der Waals surface area (Å²) < 4.78 is 25.2. The average molecular weight is 249 g/mol. The molecule has 0 spiro atoms. The van der Waals surface area contributed by atoms with Crippen LogP contribution in [0.1, 0.15) is 39.0 Å². The maximum absolute atomic E-state index is 11.9. The van der Waals surface area contributed by atoms with E-state index >= 15 is 0 Å². The van der Waals surface area contributed by atoms with Crippen LogP contribution in [0, 0.1) is 5.92 Å². The van der Waals surface area contributed by atoms with Gasteiger partial charge in [0.1, 0.15) is 0 Å². The lowest BCUT2D eigenvalue weighted by Crippen LogP contribution is -2.39. The number of rotatable bonds is 5. The van der Waals surface area contributed by atoms with Crippen LogP contribution < -0.4 is 0 Å². The maximum Gasteiger partial charge on any atom is 0.218 e. The highest BCUT2D eigenvalue weighted by Crippen LogP contribution is 2.25. The summed E-state index contributed by atoms with van der Waals surface area (Å²) in [6.45, 7) is 1.84. The van der Waals surface area contributed by atoms with Gasteiger partial charge in [-0.2, -0.15) is 0 Å². The predicted molar refractivity (Wildman–Crippen MR) is 64.7 cm³/mol. The second-order valence-electron chi connectivity index (χ2n) is 4.82. The first-order valence-corrected chi connectivity index (χ1v) is 7.54. The van der Waals surface area contributed by atoms with Gasteiger partial charge < -0.3 is 5.11 Å². The van der Waals surface area contributed by atoms with E-state index in [1.54, 1.807) is 14.0 Å². The summed E-state index contributed by atoms with van der Waals surface area (Å²) in [7, 11) is -1.68. The Morgan fingerprint density at radius 3 is 2.38 bits per heavy atom. The smallest absolute Gasteiger partial charge is 0.218 e. The molecule has 1 fully saturated rings. The highest BCUT2D eigenvalue weighted by Gasteiger charge is 2.27. The molecule has 0 radical (unpaired) electrons. The van der Waals surface area contributed by atoms with Gasteiger partial charge in [0.2, 0.25) is 10.0 Å². The first-order valence-electron chi connectivity index (χ1n) is 6.04. The molecule has 1 N–H and O–H groups in total. The minimum Gasteiger partial charge on any atom is -0.395 e. The first-order chi connectivity index (χ1) is 7.48. The van der Waals surface area contributed by atoms with Crippen LogP contribution in [0.25, 0.3) is 0 Å². The number of sulfonamides is 1. The zero-order valence-electron chi connectivity index (χ0n) is 10.2. The zero-order chi connectivity index (χ0) is 12.2. The fourth-order valence-electron chi connectivity index (χ4n) is 2.24. The largest absolute Gasteiger partial charge is 0.395 e. The molecule has 0 aromatic rings. The molecule has 1 unspecified atom stereocenters. The van der Waals surface area contributed by atoms with Crippen molar-refractivity contribution in [2.45, 2.75) is 44.3 Å². The quantitative estimate of drug-likeness (QED) is 0.796. The molecule has 0 bridgehead atoms. The Morgan fingerprint density at radius 1 is 1.31 bits per heavy atom. The van der Waals surface area contributed by atoms with Crippen LogP contribution in [-0.2, 0) is 10.0 Å². The third-order valence-electron chi connectivity index (χ3n) is 3.44. The van der Waals surface area contributed by atoms with E-state index in [4.69, 9.17) is 5.11 Å². The number of aliphatic hydroxyl groups excluding tert-OH is 1. The molecule has 1 atom stereocenters. The van der Waals surface area contributed by atoms with Gasteiger partial charge in [0, 0.05) is 13.6 Å². The normalized spacial score (nSPS) is 21.2. The monoisotopic (exact) mass is 249 g/mol. The Labute approximate surface area is 98.7 Å². The van der Waals surface area contributed by atoms with Crippen molar-refractivity contribution in [3.63, 3.8) is 0 Å². The van der Waals surface area contributed by atoms with E-state index in [1.165, 1.54) is 23.6 Å². The standard InChI is InChI=1S/C11H23NO3S/c1-10(9-13)16(14,15)12(2)8-11-6-4-3-5-7-11/h10-11,13H,3-9H2,1-2H3. The van der Waals surface area contributed by atoms with Gasteiger partial charge in [-0.15, -0.1) is 0 Å². The highest BCUT2D eigenvalue weighted by molar-refractivity contribution is 7.89. The number of hydrogen-bond acceptors (Lipinski definition) is 3. The van der Waals surface area contributed by atoms with Crippen LogP contribution >= 0.6 is 0 Å². The highest BCUT2D eigenvalue weighted by atomic mass is 32.2. The molecule has 0 amide bonds. The van der Waals surface area contributed by atoms with Crippen molar-refractivity contribution >= 4 is 10.0 Å². The van der Waals surface area contributed by atoms with Crippen LogP contribution in [0.2, 0.25) is 0 Å². The fraction of sp³-hybridized carbons (Fsp3) is 1.00. The van der Waals surface area contributed by atoms with Crippen LogP contribution in [0.5, 0.6) is 0 Å². The topological polar surface area (TPSA) is 57.6 Å². The molecular formula is C11H23NO3S. The molecule has 4 nitrogen and oxygen atoms in total. The summed E-state index contributed by atoms with van der Waals surface area (Å²) >= 11 is 0. The van der Waals surface area contributed by atoms with Gasteiger partial charge in [-0.3, -0.25) is 0 Å². The minimum atomic E-state index is -3.31. The van der Waals surface area contributed by atoms with E-state index in [9.17, 15) is 8.42 Å². The van der Waals surface area contributed by atoms with Crippen LogP contribution in [0.4, 0.5) is 0 Å². The summed E-state index contributed by atoms with van der Waals surface area (Å²) in [5, 5.41) is 8.23. The second-order valence-corrected chi connectivity index (χ2v) is 7.28. The van der Waals surface area contributed by atoms with Crippen molar-refractivity contribution in [1.82, 2.24) is 4.31 Å². The fourth-order valence-corrected chi connectivity index (χ4v) is 3.46. The first kappa shape index (κ1) is 13.9. The van der Waals surface area contributed by atoms with Crippen LogP contribution in [0.3, 0.4) is 0 Å². The Morgan fingerprint density at radius 2 is 1.88 bits per heavy atom. The van der Waals surface area contributed by atoms with Crippen molar-refractivity contribution in [2.75, 3.05) is 20.2 Å². The van der Waals surface area contributed by atoms with Gasteiger partial charge in [-0.1, -0.05) is 19.3 Å². The van der Waals surface area contributed by atoms with Crippen LogP contribution in [0.15, 0.2) is 0 Å². The molecule has 1 aliphatic rings. The summed E-state index contributed by atoms with van der Waals surface area (Å²) in [5.74, 6) is 0.499. The lowest BCUT2D eigenvalue weighted by atomic mass is 9.89. The molecule has 0 heterocycles. The average Bonchev–Trinajstić information content (AvgIpc) is 2.29. The van der Waals surface area contributed by atoms with E-state index in [0.717, 1.165) is 12.8 Å². The van der Waals surface area contributed by atoms with Gasteiger partial charge in [0.05, 0.1) is 11.9 Å². The molecule has 16 heavy (non-hydrogen) atoms. The van der Waals surface area contributed by atoms with Gasteiger partial charge >= 0.3 is 0 Å². The summed E-state index contributed by atoms with van der Waals surface area (Å²) in [6.07, 6.45) is 5.98. The van der Waals surface area contributed by atoms with Crippen molar-refractivity contribution in [1.29, 1.82) is 0 Å². The van der Waals surface area contributed by atoms with Gasteiger partial charge in [-0.25, -0.2) is 12.7 Å².